The van der Waals surface area contributed by atoms with E-state index >= 15 is 0 Å². The molecule has 0 spiro atoms. The van der Waals surface area contributed by atoms with Gasteiger partial charge in [-0.05, 0) is 35.9 Å². The van der Waals surface area contributed by atoms with Gasteiger partial charge in [-0.15, -0.1) is 6.42 Å². The number of rotatable bonds is 4. The van der Waals surface area contributed by atoms with Crippen molar-refractivity contribution in [2.24, 2.45) is 0 Å². The Morgan fingerprint density at radius 2 is 1.95 bits per heavy atom. The molecule has 1 N–H and O–H groups in total. The number of terminal acetylenes is 1. The first-order valence-electron chi connectivity index (χ1n) is 5.92. The molecule has 0 fully saturated rings. The number of hydrogen-bond donors (Lipinski definition) is 1. The molecule has 0 saturated heterocycles. The molecule has 3 heteroatoms. The van der Waals surface area contributed by atoms with Crippen molar-refractivity contribution < 1.29 is 4.21 Å². The molecule has 1 atom stereocenters. The highest BCUT2D eigenvalue weighted by molar-refractivity contribution is 7.84. The largest absolute Gasteiger partial charge is 0.381 e. The number of anilines is 1. The van der Waals surface area contributed by atoms with Gasteiger partial charge in [-0.25, -0.2) is 0 Å². The fourth-order valence-corrected chi connectivity index (χ4v) is 2.24. The average Bonchev–Trinajstić information content (AvgIpc) is 2.46. The van der Waals surface area contributed by atoms with Crippen LogP contribution in [0.2, 0.25) is 0 Å². The van der Waals surface area contributed by atoms with E-state index in [1.807, 2.05) is 48.5 Å². The predicted molar refractivity (Wildman–Crippen MR) is 80.5 cm³/mol. The fraction of sp³-hybridized carbons (Fsp3) is 0.125. The molecule has 0 amide bonds. The van der Waals surface area contributed by atoms with Crippen molar-refractivity contribution in [2.75, 3.05) is 11.6 Å². The van der Waals surface area contributed by atoms with Crippen molar-refractivity contribution in [2.45, 2.75) is 11.4 Å². The van der Waals surface area contributed by atoms with Gasteiger partial charge in [-0.3, -0.25) is 4.21 Å². The standard InChI is InChI=1S/C16H15NOS/c1-3-13-5-4-6-15(11-13)17-12-14-7-9-16(10-8-14)19(2)18/h1,4-11,17H,12H2,2H3. The summed E-state index contributed by atoms with van der Waals surface area (Å²) in [6.07, 6.45) is 7.04. The van der Waals surface area contributed by atoms with Crippen molar-refractivity contribution in [1.82, 2.24) is 0 Å². The molecule has 0 radical (unpaired) electrons. The maximum Gasteiger partial charge on any atom is 0.0498 e. The highest BCUT2D eigenvalue weighted by Crippen LogP contribution is 2.13. The highest BCUT2D eigenvalue weighted by atomic mass is 32.2. The third-order valence-electron chi connectivity index (χ3n) is 2.78. The summed E-state index contributed by atoms with van der Waals surface area (Å²) in [5.41, 5.74) is 3.00. The van der Waals surface area contributed by atoms with Crippen LogP contribution in [0.3, 0.4) is 0 Å². The van der Waals surface area contributed by atoms with Crippen molar-refractivity contribution in [3.8, 4) is 12.3 Å². The maximum atomic E-state index is 11.3. The molecule has 2 nitrogen and oxygen atoms in total. The Balaban J connectivity index is 2.02. The summed E-state index contributed by atoms with van der Waals surface area (Å²) in [5.74, 6) is 2.61. The summed E-state index contributed by atoms with van der Waals surface area (Å²) in [5, 5.41) is 3.31. The van der Waals surface area contributed by atoms with Gasteiger partial charge in [0.2, 0.25) is 0 Å². The lowest BCUT2D eigenvalue weighted by Crippen LogP contribution is -1.99. The van der Waals surface area contributed by atoms with E-state index in [-0.39, 0.29) is 0 Å². The maximum absolute atomic E-state index is 11.3. The predicted octanol–water partition coefficient (Wildman–Crippen LogP) is 3.02. The second kappa shape index (κ2) is 6.21. The van der Waals surface area contributed by atoms with Crippen LogP contribution in [0.25, 0.3) is 0 Å². The Bertz CT molecular complexity index is 626. The van der Waals surface area contributed by atoms with E-state index in [1.54, 1.807) is 6.26 Å². The molecule has 0 bridgehead atoms. The lowest BCUT2D eigenvalue weighted by atomic mass is 10.2. The van der Waals surface area contributed by atoms with Gasteiger partial charge in [0.05, 0.1) is 0 Å². The zero-order chi connectivity index (χ0) is 13.7. The number of benzene rings is 2. The number of hydrogen-bond acceptors (Lipinski definition) is 2. The molecule has 0 aliphatic rings. The van der Waals surface area contributed by atoms with Crippen LogP contribution in [0.5, 0.6) is 0 Å². The summed E-state index contributed by atoms with van der Waals surface area (Å²) in [4.78, 5) is 0.845. The third-order valence-corrected chi connectivity index (χ3v) is 3.72. The molecule has 1 unspecified atom stereocenters. The molecule has 0 heterocycles. The SMILES string of the molecule is C#Cc1cccc(NCc2ccc(S(C)=O)cc2)c1. The highest BCUT2D eigenvalue weighted by Gasteiger charge is 1.98. The molecule has 0 aromatic heterocycles. The molecular formula is C16H15NOS. The van der Waals surface area contributed by atoms with Gasteiger partial charge in [-0.1, -0.05) is 24.1 Å². The minimum atomic E-state index is -0.924. The van der Waals surface area contributed by atoms with E-state index in [4.69, 9.17) is 6.42 Å². The zero-order valence-corrected chi connectivity index (χ0v) is 11.5. The van der Waals surface area contributed by atoms with E-state index in [1.165, 1.54) is 0 Å². The lowest BCUT2D eigenvalue weighted by molar-refractivity contribution is 0.687. The lowest BCUT2D eigenvalue weighted by Gasteiger charge is -2.07. The molecule has 2 aromatic rings. The van der Waals surface area contributed by atoms with E-state index in [9.17, 15) is 4.21 Å². The normalized spacial score (nSPS) is 11.6. The Morgan fingerprint density at radius 3 is 2.58 bits per heavy atom. The first-order valence-corrected chi connectivity index (χ1v) is 7.48. The fourth-order valence-electron chi connectivity index (χ4n) is 1.72. The Labute approximate surface area is 116 Å². The Kier molecular flexibility index (Phi) is 4.38. The van der Waals surface area contributed by atoms with Crippen molar-refractivity contribution >= 4 is 16.5 Å². The van der Waals surface area contributed by atoms with Crippen LogP contribution in [0, 0.1) is 12.3 Å². The summed E-state index contributed by atoms with van der Waals surface area (Å²) in [7, 11) is -0.924. The van der Waals surface area contributed by atoms with E-state index < -0.39 is 10.8 Å². The zero-order valence-electron chi connectivity index (χ0n) is 10.7. The van der Waals surface area contributed by atoms with Crippen molar-refractivity contribution in [3.63, 3.8) is 0 Å². The van der Waals surface area contributed by atoms with Gasteiger partial charge in [0.15, 0.2) is 0 Å². The first-order chi connectivity index (χ1) is 9.19. The smallest absolute Gasteiger partial charge is 0.0498 e. The first kappa shape index (κ1) is 13.4. The summed E-state index contributed by atoms with van der Waals surface area (Å²) in [6, 6.07) is 15.5. The molecule has 96 valence electrons. The summed E-state index contributed by atoms with van der Waals surface area (Å²) in [6.45, 7) is 0.713. The van der Waals surface area contributed by atoms with Gasteiger partial charge >= 0.3 is 0 Å². The van der Waals surface area contributed by atoms with Gasteiger partial charge in [0, 0.05) is 39.7 Å². The van der Waals surface area contributed by atoms with Gasteiger partial charge in [-0.2, -0.15) is 0 Å². The van der Waals surface area contributed by atoms with Crippen molar-refractivity contribution in [1.29, 1.82) is 0 Å². The van der Waals surface area contributed by atoms with E-state index in [0.717, 1.165) is 21.7 Å². The van der Waals surface area contributed by atoms with Crippen LogP contribution in [-0.2, 0) is 17.3 Å². The molecule has 0 saturated carbocycles. The van der Waals surface area contributed by atoms with Crippen LogP contribution in [-0.4, -0.2) is 10.5 Å². The average molecular weight is 269 g/mol. The van der Waals surface area contributed by atoms with Crippen LogP contribution in [0.15, 0.2) is 53.4 Å². The quantitative estimate of drug-likeness (QED) is 0.864. The van der Waals surface area contributed by atoms with Gasteiger partial charge < -0.3 is 5.32 Å². The molecule has 2 rings (SSSR count). The molecule has 2 aromatic carbocycles. The second-order valence-electron chi connectivity index (χ2n) is 4.18. The van der Waals surface area contributed by atoms with E-state index in [2.05, 4.69) is 11.2 Å². The Morgan fingerprint density at radius 1 is 1.21 bits per heavy atom. The summed E-state index contributed by atoms with van der Waals surface area (Å²) < 4.78 is 11.3. The van der Waals surface area contributed by atoms with Crippen LogP contribution in [0.4, 0.5) is 5.69 Å². The van der Waals surface area contributed by atoms with E-state index in [0.29, 0.717) is 6.54 Å². The minimum absolute atomic E-state index is 0.713. The van der Waals surface area contributed by atoms with Crippen LogP contribution in [0.1, 0.15) is 11.1 Å². The summed E-state index contributed by atoms with van der Waals surface area (Å²) >= 11 is 0. The van der Waals surface area contributed by atoms with Crippen LogP contribution >= 0.6 is 0 Å². The van der Waals surface area contributed by atoms with Gasteiger partial charge in [0.1, 0.15) is 0 Å². The molecule has 0 aliphatic carbocycles. The van der Waals surface area contributed by atoms with Gasteiger partial charge in [0.25, 0.3) is 0 Å². The Hall–Kier alpha value is -2.05. The topological polar surface area (TPSA) is 29.1 Å². The number of nitrogens with one attached hydrogen (secondary N) is 1. The molecular weight excluding hydrogens is 254 g/mol. The minimum Gasteiger partial charge on any atom is -0.381 e. The van der Waals surface area contributed by atoms with Crippen LogP contribution < -0.4 is 5.32 Å². The molecule has 19 heavy (non-hydrogen) atoms. The monoisotopic (exact) mass is 269 g/mol. The second-order valence-corrected chi connectivity index (χ2v) is 5.56. The van der Waals surface area contributed by atoms with Crippen molar-refractivity contribution in [3.05, 3.63) is 59.7 Å². The third kappa shape index (κ3) is 3.70. The molecule has 0 aliphatic heterocycles.